The van der Waals surface area contributed by atoms with Crippen LogP contribution in [0.25, 0.3) is 0 Å². The van der Waals surface area contributed by atoms with Crippen LogP contribution in [-0.4, -0.2) is 31.9 Å². The Morgan fingerprint density at radius 1 is 1.29 bits per heavy atom. The quantitative estimate of drug-likeness (QED) is 0.615. The lowest BCUT2D eigenvalue weighted by atomic mass is 10.1. The normalized spacial score (nSPS) is 14.7. The minimum atomic E-state index is -3.69. The Morgan fingerprint density at radius 2 is 1.90 bits per heavy atom. The van der Waals surface area contributed by atoms with E-state index in [0.717, 1.165) is 18.4 Å². The number of hydrogen-bond acceptors (Lipinski definition) is 4. The van der Waals surface area contributed by atoms with Gasteiger partial charge in [-0.15, -0.1) is 0 Å². The van der Waals surface area contributed by atoms with Crippen molar-refractivity contribution in [3.63, 3.8) is 0 Å². The van der Waals surface area contributed by atoms with Gasteiger partial charge in [0, 0.05) is 12.5 Å². The van der Waals surface area contributed by atoms with E-state index in [0.29, 0.717) is 11.4 Å². The Bertz CT molecular complexity index is 637. The van der Waals surface area contributed by atoms with Crippen LogP contribution >= 0.6 is 12.2 Å². The number of sulfonamides is 1. The topological polar surface area (TPSA) is 101 Å². The number of thiocarbonyl (C=S) groups is 1. The van der Waals surface area contributed by atoms with Gasteiger partial charge in [0.05, 0.1) is 16.4 Å². The fraction of sp³-hybridized carbons (Fsp3) is 0.385. The standard InChI is InChI=1S/C13H17N3O3S2/c14-12(20)7-9-1-5-11(6-2-9)21(18,19)15-8-13(17)16-10-3-4-10/h1-2,5-6,10,15H,3-4,7-8H2,(H2,14,20)(H,16,17). The first-order valence-corrected chi connectivity index (χ1v) is 8.42. The first-order valence-electron chi connectivity index (χ1n) is 6.53. The second-order valence-electron chi connectivity index (χ2n) is 4.95. The Kier molecular flexibility index (Phi) is 4.92. The molecule has 0 radical (unpaired) electrons. The van der Waals surface area contributed by atoms with Gasteiger partial charge >= 0.3 is 0 Å². The second kappa shape index (κ2) is 6.50. The third kappa shape index (κ3) is 5.07. The Balaban J connectivity index is 1.94. The highest BCUT2D eigenvalue weighted by Gasteiger charge is 2.24. The van der Waals surface area contributed by atoms with E-state index >= 15 is 0 Å². The van der Waals surface area contributed by atoms with Gasteiger partial charge in [-0.3, -0.25) is 4.79 Å². The molecule has 0 unspecified atom stereocenters. The summed E-state index contributed by atoms with van der Waals surface area (Å²) in [6, 6.07) is 6.45. The van der Waals surface area contributed by atoms with E-state index in [1.807, 2.05) is 0 Å². The van der Waals surface area contributed by atoms with Crippen LogP contribution in [0.5, 0.6) is 0 Å². The van der Waals surface area contributed by atoms with E-state index in [-0.39, 0.29) is 23.4 Å². The predicted octanol–water partition coefficient (Wildman–Crippen LogP) is 0.0721. The average Bonchev–Trinajstić information content (AvgIpc) is 3.20. The first-order chi connectivity index (χ1) is 9.87. The summed E-state index contributed by atoms with van der Waals surface area (Å²) in [6.45, 7) is -0.256. The molecule has 1 amide bonds. The molecule has 0 bridgehead atoms. The van der Waals surface area contributed by atoms with Gasteiger partial charge in [0.15, 0.2) is 0 Å². The monoisotopic (exact) mass is 327 g/mol. The lowest BCUT2D eigenvalue weighted by Crippen LogP contribution is -2.37. The van der Waals surface area contributed by atoms with E-state index in [2.05, 4.69) is 10.0 Å². The van der Waals surface area contributed by atoms with Crippen LogP contribution in [0, 0.1) is 0 Å². The highest BCUT2D eigenvalue weighted by atomic mass is 32.2. The lowest BCUT2D eigenvalue weighted by molar-refractivity contribution is -0.120. The molecule has 8 heteroatoms. The molecule has 1 aromatic carbocycles. The molecule has 4 N–H and O–H groups in total. The van der Waals surface area contributed by atoms with Gasteiger partial charge in [-0.2, -0.15) is 0 Å². The van der Waals surface area contributed by atoms with Crippen LogP contribution in [0.4, 0.5) is 0 Å². The summed E-state index contributed by atoms with van der Waals surface area (Å²) in [5.74, 6) is -0.314. The first kappa shape index (κ1) is 15.9. The molecule has 1 saturated carbocycles. The van der Waals surface area contributed by atoms with Gasteiger partial charge in [-0.1, -0.05) is 24.4 Å². The van der Waals surface area contributed by atoms with Crippen molar-refractivity contribution in [1.29, 1.82) is 0 Å². The summed E-state index contributed by atoms with van der Waals surface area (Å²) in [4.78, 5) is 11.9. The molecule has 21 heavy (non-hydrogen) atoms. The smallest absolute Gasteiger partial charge is 0.241 e. The van der Waals surface area contributed by atoms with Crippen LogP contribution in [0.3, 0.4) is 0 Å². The van der Waals surface area contributed by atoms with Gasteiger partial charge in [0.2, 0.25) is 15.9 Å². The van der Waals surface area contributed by atoms with Crippen molar-refractivity contribution in [1.82, 2.24) is 10.0 Å². The summed E-state index contributed by atoms with van der Waals surface area (Å²) in [6.07, 6.45) is 2.35. The summed E-state index contributed by atoms with van der Waals surface area (Å²) in [5.41, 5.74) is 6.27. The highest BCUT2D eigenvalue weighted by Crippen LogP contribution is 2.18. The van der Waals surface area contributed by atoms with E-state index in [1.54, 1.807) is 12.1 Å². The predicted molar refractivity (Wildman–Crippen MR) is 83.3 cm³/mol. The number of carbonyl (C=O) groups excluding carboxylic acids is 1. The van der Waals surface area contributed by atoms with Crippen molar-refractivity contribution in [3.05, 3.63) is 29.8 Å². The molecular formula is C13H17N3O3S2. The van der Waals surface area contributed by atoms with Gasteiger partial charge in [0.25, 0.3) is 0 Å². The van der Waals surface area contributed by atoms with E-state index in [4.69, 9.17) is 18.0 Å². The second-order valence-corrected chi connectivity index (χ2v) is 7.24. The third-order valence-electron chi connectivity index (χ3n) is 2.98. The Labute approximate surface area is 129 Å². The molecule has 1 aliphatic rings. The molecule has 0 saturated heterocycles. The molecule has 0 spiro atoms. The molecule has 0 aromatic heterocycles. The fourth-order valence-electron chi connectivity index (χ4n) is 1.74. The van der Waals surface area contributed by atoms with Crippen LogP contribution in [0.2, 0.25) is 0 Å². The van der Waals surface area contributed by atoms with Crippen molar-refractivity contribution in [3.8, 4) is 0 Å². The largest absolute Gasteiger partial charge is 0.393 e. The van der Waals surface area contributed by atoms with Crippen molar-refractivity contribution < 1.29 is 13.2 Å². The van der Waals surface area contributed by atoms with Gasteiger partial charge in [-0.25, -0.2) is 13.1 Å². The maximum absolute atomic E-state index is 12.0. The number of hydrogen-bond donors (Lipinski definition) is 3. The minimum absolute atomic E-state index is 0.105. The summed E-state index contributed by atoms with van der Waals surface area (Å²) in [7, 11) is -3.69. The van der Waals surface area contributed by atoms with Crippen molar-refractivity contribution in [2.75, 3.05) is 6.54 Å². The van der Waals surface area contributed by atoms with Crippen LogP contribution < -0.4 is 15.8 Å². The van der Waals surface area contributed by atoms with Crippen molar-refractivity contribution >= 4 is 33.1 Å². The van der Waals surface area contributed by atoms with Crippen LogP contribution in [-0.2, 0) is 21.2 Å². The lowest BCUT2D eigenvalue weighted by Gasteiger charge is -2.08. The maximum atomic E-state index is 12.0. The molecular weight excluding hydrogens is 310 g/mol. The van der Waals surface area contributed by atoms with Crippen molar-refractivity contribution in [2.45, 2.75) is 30.2 Å². The third-order valence-corrected chi connectivity index (χ3v) is 4.54. The Morgan fingerprint density at radius 3 is 2.43 bits per heavy atom. The number of amides is 1. The molecule has 2 rings (SSSR count). The number of carbonyl (C=O) groups is 1. The maximum Gasteiger partial charge on any atom is 0.241 e. The molecule has 0 aliphatic heterocycles. The zero-order valence-corrected chi connectivity index (χ0v) is 13.0. The number of nitrogens with two attached hydrogens (primary N) is 1. The molecule has 114 valence electrons. The molecule has 0 atom stereocenters. The van der Waals surface area contributed by atoms with E-state index in [9.17, 15) is 13.2 Å². The number of nitrogens with one attached hydrogen (secondary N) is 2. The molecule has 1 fully saturated rings. The number of benzene rings is 1. The summed E-state index contributed by atoms with van der Waals surface area (Å²) >= 11 is 4.80. The van der Waals surface area contributed by atoms with E-state index in [1.165, 1.54) is 12.1 Å². The van der Waals surface area contributed by atoms with Gasteiger partial charge < -0.3 is 11.1 Å². The summed E-state index contributed by atoms with van der Waals surface area (Å²) in [5, 5.41) is 2.71. The summed E-state index contributed by atoms with van der Waals surface area (Å²) < 4.78 is 26.3. The van der Waals surface area contributed by atoms with Gasteiger partial charge in [-0.05, 0) is 30.5 Å². The zero-order valence-electron chi connectivity index (χ0n) is 11.3. The van der Waals surface area contributed by atoms with Gasteiger partial charge in [0.1, 0.15) is 0 Å². The molecule has 1 aliphatic carbocycles. The molecule has 6 nitrogen and oxygen atoms in total. The average molecular weight is 327 g/mol. The minimum Gasteiger partial charge on any atom is -0.393 e. The van der Waals surface area contributed by atoms with E-state index < -0.39 is 10.0 Å². The number of rotatable bonds is 7. The SMILES string of the molecule is NC(=S)Cc1ccc(S(=O)(=O)NCC(=O)NC2CC2)cc1. The zero-order chi connectivity index (χ0) is 15.5. The highest BCUT2D eigenvalue weighted by molar-refractivity contribution is 7.89. The van der Waals surface area contributed by atoms with Crippen molar-refractivity contribution in [2.24, 2.45) is 5.73 Å². The van der Waals surface area contributed by atoms with Crippen LogP contribution in [0.15, 0.2) is 29.2 Å². The Hall–Kier alpha value is -1.51. The fourth-order valence-corrected chi connectivity index (χ4v) is 2.89. The molecule has 0 heterocycles. The molecule has 1 aromatic rings. The van der Waals surface area contributed by atoms with Crippen LogP contribution in [0.1, 0.15) is 18.4 Å².